The summed E-state index contributed by atoms with van der Waals surface area (Å²) in [6.45, 7) is 5.81. The van der Waals surface area contributed by atoms with Gasteiger partial charge in [0.05, 0.1) is 21.6 Å². The van der Waals surface area contributed by atoms with E-state index in [-0.39, 0.29) is 16.9 Å². The third kappa shape index (κ3) is 4.37. The van der Waals surface area contributed by atoms with Gasteiger partial charge in [-0.1, -0.05) is 56.3 Å². The topological polar surface area (TPSA) is 108 Å². The highest BCUT2D eigenvalue weighted by Crippen LogP contribution is 2.32. The van der Waals surface area contributed by atoms with E-state index in [0.717, 1.165) is 17.7 Å². The molecule has 0 radical (unpaired) electrons. The van der Waals surface area contributed by atoms with Crippen molar-refractivity contribution < 1.29 is 14.7 Å². The summed E-state index contributed by atoms with van der Waals surface area (Å²) >= 11 is 0. The van der Waals surface area contributed by atoms with Crippen LogP contribution in [0.25, 0.3) is 0 Å². The number of nitro groups is 2. The average molecular weight is 343 g/mol. The van der Waals surface area contributed by atoms with Crippen LogP contribution in [0.2, 0.25) is 0 Å². The summed E-state index contributed by atoms with van der Waals surface area (Å²) in [5.41, 5.74) is 0.137. The van der Waals surface area contributed by atoms with Gasteiger partial charge >= 0.3 is 5.69 Å². The lowest BCUT2D eigenvalue weighted by Crippen LogP contribution is -2.22. The van der Waals surface area contributed by atoms with Crippen molar-refractivity contribution in [2.45, 2.75) is 20.8 Å². The summed E-state index contributed by atoms with van der Waals surface area (Å²) in [5.74, 6) is -0.159. The Bertz CT molecular complexity index is 826. The maximum Gasteiger partial charge on any atom is 0.321 e. The fraction of sp³-hybridized carbons (Fsp3) is 0.235. The Balaban J connectivity index is 2.44. The lowest BCUT2D eigenvalue weighted by molar-refractivity contribution is -0.394. The lowest BCUT2D eigenvalue weighted by atomic mass is 9.86. The molecule has 0 spiro atoms. The van der Waals surface area contributed by atoms with E-state index in [1.165, 1.54) is 6.07 Å². The van der Waals surface area contributed by atoms with Crippen LogP contribution in [0.3, 0.4) is 0 Å². The molecule has 8 nitrogen and oxygen atoms in total. The van der Waals surface area contributed by atoms with E-state index in [1.54, 1.807) is 0 Å². The predicted octanol–water partition coefficient (Wildman–Crippen LogP) is 4.33. The minimum absolute atomic E-state index is 0.159. The van der Waals surface area contributed by atoms with Gasteiger partial charge in [0.25, 0.3) is 5.69 Å². The van der Waals surface area contributed by atoms with Gasteiger partial charge in [0.15, 0.2) is 0 Å². The number of nitro benzene ring substituents is 2. The van der Waals surface area contributed by atoms with Gasteiger partial charge < -0.3 is 4.84 Å². The van der Waals surface area contributed by atoms with Crippen LogP contribution in [0.15, 0.2) is 53.7 Å². The number of hydrogen-bond donors (Lipinski definition) is 0. The van der Waals surface area contributed by atoms with E-state index >= 15 is 0 Å². The first-order valence-corrected chi connectivity index (χ1v) is 7.44. The summed E-state index contributed by atoms with van der Waals surface area (Å²) in [7, 11) is 0. The van der Waals surface area contributed by atoms with Crippen molar-refractivity contribution >= 4 is 17.1 Å². The highest BCUT2D eigenvalue weighted by Gasteiger charge is 2.24. The Kier molecular flexibility index (Phi) is 5.11. The van der Waals surface area contributed by atoms with Crippen molar-refractivity contribution in [1.29, 1.82) is 0 Å². The first kappa shape index (κ1) is 18.1. The van der Waals surface area contributed by atoms with E-state index in [1.807, 2.05) is 51.1 Å². The molecule has 0 heterocycles. The molecule has 2 aromatic rings. The second kappa shape index (κ2) is 7.08. The first-order chi connectivity index (χ1) is 11.7. The highest BCUT2D eigenvalue weighted by atomic mass is 16.7. The summed E-state index contributed by atoms with van der Waals surface area (Å²) in [6.07, 6.45) is 0. The summed E-state index contributed by atoms with van der Waals surface area (Å²) < 4.78 is 0. The standard InChI is InChI=1S/C17H17N3O5/c1-17(2,3)16(12-7-5-4-6-8-12)18-25-15-10-9-13(19(21)22)11-14(15)20(23)24/h4-11H,1-3H3/b18-16+. The smallest absolute Gasteiger partial charge is 0.321 e. The molecule has 0 bridgehead atoms. The van der Waals surface area contributed by atoms with Crippen LogP contribution >= 0.6 is 0 Å². The maximum atomic E-state index is 11.2. The number of oxime groups is 1. The molecule has 0 atom stereocenters. The third-order valence-electron chi connectivity index (χ3n) is 3.34. The average Bonchev–Trinajstić information content (AvgIpc) is 2.54. The van der Waals surface area contributed by atoms with Crippen LogP contribution in [0.4, 0.5) is 11.4 Å². The molecule has 0 aliphatic carbocycles. The van der Waals surface area contributed by atoms with Crippen LogP contribution in [-0.4, -0.2) is 15.6 Å². The molecular formula is C17H17N3O5. The molecule has 0 saturated heterocycles. The Hall–Kier alpha value is -3.29. The zero-order valence-corrected chi connectivity index (χ0v) is 14.0. The molecule has 0 N–H and O–H groups in total. The van der Waals surface area contributed by atoms with E-state index in [2.05, 4.69) is 5.16 Å². The van der Waals surface area contributed by atoms with Crippen LogP contribution in [0.1, 0.15) is 26.3 Å². The second-order valence-corrected chi connectivity index (χ2v) is 6.31. The van der Waals surface area contributed by atoms with Gasteiger partial charge in [-0.3, -0.25) is 20.2 Å². The quantitative estimate of drug-likeness (QED) is 0.456. The second-order valence-electron chi connectivity index (χ2n) is 6.31. The number of nitrogens with zero attached hydrogens (tertiary/aromatic N) is 3. The van der Waals surface area contributed by atoms with E-state index in [4.69, 9.17) is 4.84 Å². The third-order valence-corrected chi connectivity index (χ3v) is 3.34. The van der Waals surface area contributed by atoms with Gasteiger partial charge in [-0.05, 0) is 11.6 Å². The van der Waals surface area contributed by atoms with Gasteiger partial charge in [0, 0.05) is 11.5 Å². The van der Waals surface area contributed by atoms with Crippen molar-refractivity contribution in [3.63, 3.8) is 0 Å². The van der Waals surface area contributed by atoms with Gasteiger partial charge in [0.1, 0.15) is 0 Å². The minimum atomic E-state index is -0.739. The zero-order valence-electron chi connectivity index (χ0n) is 14.0. The first-order valence-electron chi connectivity index (χ1n) is 7.44. The molecule has 0 amide bonds. The van der Waals surface area contributed by atoms with Gasteiger partial charge in [-0.25, -0.2) is 0 Å². The Morgan fingerprint density at radius 2 is 1.64 bits per heavy atom. The van der Waals surface area contributed by atoms with E-state index < -0.39 is 15.5 Å². The lowest BCUT2D eigenvalue weighted by Gasteiger charge is -2.20. The number of non-ortho nitro benzene ring substituents is 1. The molecule has 0 unspecified atom stereocenters. The normalized spacial score (nSPS) is 11.9. The van der Waals surface area contributed by atoms with Crippen molar-refractivity contribution in [1.82, 2.24) is 0 Å². The highest BCUT2D eigenvalue weighted by molar-refractivity contribution is 6.03. The van der Waals surface area contributed by atoms with Gasteiger partial charge in [0.2, 0.25) is 5.75 Å². The SMILES string of the molecule is CC(C)(C)/C(=N/Oc1ccc([N+](=O)[O-])cc1[N+](=O)[O-])c1ccccc1. The number of rotatable bonds is 5. The number of hydrogen-bond acceptors (Lipinski definition) is 6. The van der Waals surface area contributed by atoms with Crippen molar-refractivity contribution in [3.05, 3.63) is 74.3 Å². The predicted molar refractivity (Wildman–Crippen MR) is 92.8 cm³/mol. The van der Waals surface area contributed by atoms with Gasteiger partial charge in [-0.2, -0.15) is 0 Å². The van der Waals surface area contributed by atoms with Crippen molar-refractivity contribution in [2.24, 2.45) is 10.6 Å². The fourth-order valence-corrected chi connectivity index (χ4v) is 2.15. The van der Waals surface area contributed by atoms with Gasteiger partial charge in [-0.15, -0.1) is 0 Å². The Morgan fingerprint density at radius 1 is 1.00 bits per heavy atom. The molecule has 2 aromatic carbocycles. The number of benzene rings is 2. The Labute approximate surface area is 144 Å². The van der Waals surface area contributed by atoms with Crippen LogP contribution in [0.5, 0.6) is 5.75 Å². The minimum Gasteiger partial charge on any atom is -0.349 e. The summed E-state index contributed by atoms with van der Waals surface area (Å²) in [5, 5.41) is 26.0. The molecule has 0 aliphatic rings. The molecule has 130 valence electrons. The summed E-state index contributed by atoms with van der Waals surface area (Å²) in [4.78, 5) is 25.8. The van der Waals surface area contributed by atoms with Crippen LogP contribution < -0.4 is 4.84 Å². The van der Waals surface area contributed by atoms with E-state index in [0.29, 0.717) is 5.71 Å². The zero-order chi connectivity index (χ0) is 18.6. The molecule has 0 fully saturated rings. The molecule has 2 rings (SSSR count). The molecule has 0 saturated carbocycles. The molecule has 25 heavy (non-hydrogen) atoms. The molecule has 8 heteroatoms. The van der Waals surface area contributed by atoms with Crippen LogP contribution in [0, 0.1) is 25.6 Å². The monoisotopic (exact) mass is 343 g/mol. The van der Waals surface area contributed by atoms with Crippen LogP contribution in [-0.2, 0) is 0 Å². The molecular weight excluding hydrogens is 326 g/mol. The largest absolute Gasteiger partial charge is 0.349 e. The molecule has 0 aliphatic heterocycles. The Morgan fingerprint density at radius 3 is 2.16 bits per heavy atom. The van der Waals surface area contributed by atoms with Crippen molar-refractivity contribution in [3.8, 4) is 5.75 Å². The maximum absolute atomic E-state index is 11.2. The fourth-order valence-electron chi connectivity index (χ4n) is 2.15. The molecule has 0 aromatic heterocycles. The van der Waals surface area contributed by atoms with Crippen molar-refractivity contribution in [2.75, 3.05) is 0 Å². The van der Waals surface area contributed by atoms with E-state index in [9.17, 15) is 20.2 Å². The summed E-state index contributed by atoms with van der Waals surface area (Å²) in [6, 6.07) is 12.4.